The van der Waals surface area contributed by atoms with Gasteiger partial charge in [-0.2, -0.15) is 5.10 Å². The van der Waals surface area contributed by atoms with Crippen LogP contribution in [0, 0.1) is 0 Å². The lowest BCUT2D eigenvalue weighted by Gasteiger charge is -2.13. The van der Waals surface area contributed by atoms with Crippen molar-refractivity contribution in [2.75, 3.05) is 30.9 Å². The molecule has 4 rings (SSSR count). The number of benzene rings is 2. The molecule has 0 radical (unpaired) electrons. The van der Waals surface area contributed by atoms with E-state index in [2.05, 4.69) is 45.6 Å². The normalized spacial score (nSPS) is 12.6. The fraction of sp³-hybridized carbons (Fsp3) is 0.217. The van der Waals surface area contributed by atoms with Gasteiger partial charge in [-0.25, -0.2) is 4.68 Å². The zero-order valence-corrected chi connectivity index (χ0v) is 16.6. The average molecular weight is 388 g/mol. The topological polar surface area (TPSA) is 59.4 Å². The van der Waals surface area contributed by atoms with Crippen LogP contribution in [-0.2, 0) is 17.8 Å². The van der Waals surface area contributed by atoms with Crippen molar-refractivity contribution < 1.29 is 9.53 Å². The second-order valence-electron chi connectivity index (χ2n) is 7.22. The Balaban J connectivity index is 1.40. The number of nitrogens with one attached hydrogen (secondary N) is 1. The Bertz CT molecular complexity index is 1040. The molecule has 0 saturated heterocycles. The summed E-state index contributed by atoms with van der Waals surface area (Å²) in [4.78, 5) is 14.4. The molecule has 6 nitrogen and oxygen atoms in total. The smallest absolute Gasteiger partial charge is 0.249 e. The first kappa shape index (κ1) is 18.8. The zero-order chi connectivity index (χ0) is 20.2. The van der Waals surface area contributed by atoms with Crippen LogP contribution in [0.5, 0.6) is 5.75 Å². The molecular formula is C23H24N4O2. The molecule has 0 saturated carbocycles. The highest BCUT2D eigenvalue weighted by molar-refractivity contribution is 6.01. The van der Waals surface area contributed by atoms with Crippen molar-refractivity contribution in [2.45, 2.75) is 13.0 Å². The number of carbonyl (C=O) groups excluding carboxylic acids is 1. The number of amides is 1. The molecule has 1 aliphatic rings. The lowest BCUT2D eigenvalue weighted by Crippen LogP contribution is -2.14. The van der Waals surface area contributed by atoms with Crippen LogP contribution >= 0.6 is 0 Å². The first-order valence-electron chi connectivity index (χ1n) is 9.61. The number of fused-ring (bicyclic) bond motifs is 1. The lowest BCUT2D eigenvalue weighted by molar-refractivity contribution is -0.111. The van der Waals surface area contributed by atoms with E-state index in [0.29, 0.717) is 12.4 Å². The molecule has 29 heavy (non-hydrogen) atoms. The van der Waals surface area contributed by atoms with Crippen LogP contribution < -0.4 is 15.0 Å². The highest BCUT2D eigenvalue weighted by Crippen LogP contribution is 2.26. The summed E-state index contributed by atoms with van der Waals surface area (Å²) in [6.45, 7) is 1.32. The molecular weight excluding hydrogens is 364 g/mol. The SMILES string of the molecule is CN(C)c1ccc(Cn2nccc2NC(=O)/C=C/c2ccc3c(c2)CCO3)cc1. The van der Waals surface area contributed by atoms with Gasteiger partial charge in [0.05, 0.1) is 19.3 Å². The summed E-state index contributed by atoms with van der Waals surface area (Å²) in [7, 11) is 4.03. The molecule has 6 heteroatoms. The van der Waals surface area contributed by atoms with Gasteiger partial charge in [-0.05, 0) is 47.0 Å². The predicted molar refractivity (Wildman–Crippen MR) is 115 cm³/mol. The summed E-state index contributed by atoms with van der Waals surface area (Å²) < 4.78 is 7.29. The van der Waals surface area contributed by atoms with Gasteiger partial charge < -0.3 is 15.0 Å². The third-order valence-corrected chi connectivity index (χ3v) is 4.89. The second kappa shape index (κ2) is 8.22. The van der Waals surface area contributed by atoms with Crippen LogP contribution in [-0.4, -0.2) is 36.4 Å². The maximum atomic E-state index is 12.4. The van der Waals surface area contributed by atoms with E-state index in [1.807, 2.05) is 32.3 Å². The molecule has 1 aromatic heterocycles. The molecule has 0 fully saturated rings. The maximum Gasteiger partial charge on any atom is 0.249 e. The quantitative estimate of drug-likeness (QED) is 0.656. The van der Waals surface area contributed by atoms with Crippen molar-refractivity contribution in [3.05, 3.63) is 77.5 Å². The van der Waals surface area contributed by atoms with E-state index >= 15 is 0 Å². The van der Waals surface area contributed by atoms with Crippen LogP contribution in [0.1, 0.15) is 16.7 Å². The van der Waals surface area contributed by atoms with Gasteiger partial charge in [0.2, 0.25) is 5.91 Å². The van der Waals surface area contributed by atoms with Gasteiger partial charge >= 0.3 is 0 Å². The summed E-state index contributed by atoms with van der Waals surface area (Å²) in [6, 6.07) is 16.1. The summed E-state index contributed by atoms with van der Waals surface area (Å²) in [6.07, 6.45) is 5.96. The summed E-state index contributed by atoms with van der Waals surface area (Å²) in [5, 5.41) is 7.24. The second-order valence-corrected chi connectivity index (χ2v) is 7.22. The van der Waals surface area contributed by atoms with Crippen molar-refractivity contribution in [1.82, 2.24) is 9.78 Å². The number of anilines is 2. The lowest BCUT2D eigenvalue weighted by atomic mass is 10.1. The molecule has 1 aliphatic heterocycles. The molecule has 0 aliphatic carbocycles. The fourth-order valence-electron chi connectivity index (χ4n) is 3.29. The minimum absolute atomic E-state index is 0.188. The monoisotopic (exact) mass is 388 g/mol. The van der Waals surface area contributed by atoms with Gasteiger partial charge in [-0.15, -0.1) is 0 Å². The fourth-order valence-corrected chi connectivity index (χ4v) is 3.29. The molecule has 2 aromatic carbocycles. The Kier molecular flexibility index (Phi) is 5.33. The minimum Gasteiger partial charge on any atom is -0.493 e. The third kappa shape index (κ3) is 4.48. The van der Waals surface area contributed by atoms with E-state index < -0.39 is 0 Å². The Hall–Kier alpha value is -3.54. The summed E-state index contributed by atoms with van der Waals surface area (Å²) >= 11 is 0. The van der Waals surface area contributed by atoms with Crippen molar-refractivity contribution in [3.63, 3.8) is 0 Å². The first-order valence-corrected chi connectivity index (χ1v) is 9.61. The Morgan fingerprint density at radius 1 is 1.21 bits per heavy atom. The molecule has 2 heterocycles. The van der Waals surface area contributed by atoms with E-state index in [9.17, 15) is 4.79 Å². The largest absolute Gasteiger partial charge is 0.493 e. The van der Waals surface area contributed by atoms with Gasteiger partial charge in [-0.1, -0.05) is 18.2 Å². The Labute approximate surface area is 170 Å². The van der Waals surface area contributed by atoms with Crippen LogP contribution in [0.2, 0.25) is 0 Å². The van der Waals surface area contributed by atoms with Crippen LogP contribution in [0.3, 0.4) is 0 Å². The van der Waals surface area contributed by atoms with Crippen molar-refractivity contribution >= 4 is 23.5 Å². The first-order chi connectivity index (χ1) is 14.1. The van der Waals surface area contributed by atoms with Gasteiger partial charge in [0, 0.05) is 38.3 Å². The average Bonchev–Trinajstić information content (AvgIpc) is 3.36. The summed E-state index contributed by atoms with van der Waals surface area (Å²) in [5.41, 5.74) is 4.43. The molecule has 148 valence electrons. The van der Waals surface area contributed by atoms with Crippen molar-refractivity contribution in [1.29, 1.82) is 0 Å². The third-order valence-electron chi connectivity index (χ3n) is 4.89. The van der Waals surface area contributed by atoms with E-state index in [4.69, 9.17) is 4.74 Å². The molecule has 0 spiro atoms. The molecule has 1 amide bonds. The van der Waals surface area contributed by atoms with Gasteiger partial charge in [0.1, 0.15) is 11.6 Å². The van der Waals surface area contributed by atoms with Gasteiger partial charge in [0.25, 0.3) is 0 Å². The number of carbonyl (C=O) groups is 1. The number of nitrogens with zero attached hydrogens (tertiary/aromatic N) is 3. The van der Waals surface area contributed by atoms with E-state index in [1.165, 1.54) is 5.56 Å². The molecule has 0 bridgehead atoms. The van der Waals surface area contributed by atoms with Crippen molar-refractivity contribution in [2.24, 2.45) is 0 Å². The van der Waals surface area contributed by atoms with E-state index in [-0.39, 0.29) is 5.91 Å². The number of rotatable bonds is 6. The maximum absolute atomic E-state index is 12.4. The van der Waals surface area contributed by atoms with Gasteiger partial charge in [-0.3, -0.25) is 4.79 Å². The van der Waals surface area contributed by atoms with E-state index in [1.54, 1.807) is 23.0 Å². The zero-order valence-electron chi connectivity index (χ0n) is 16.6. The Morgan fingerprint density at radius 2 is 2.03 bits per heavy atom. The molecule has 0 atom stereocenters. The highest BCUT2D eigenvalue weighted by atomic mass is 16.5. The van der Waals surface area contributed by atoms with Crippen LogP contribution in [0.25, 0.3) is 6.08 Å². The highest BCUT2D eigenvalue weighted by Gasteiger charge is 2.11. The standard InChI is InChI=1S/C23H24N4O2/c1-26(2)20-7-3-18(4-8-20)16-27-22(11-13-24-27)25-23(28)10-6-17-5-9-21-19(15-17)12-14-29-21/h3-11,13,15H,12,14,16H2,1-2H3,(H,25,28)/b10-6+. The number of aromatic nitrogens is 2. The number of ether oxygens (including phenoxy) is 1. The van der Waals surface area contributed by atoms with Gasteiger partial charge in [0.15, 0.2) is 0 Å². The molecule has 1 N–H and O–H groups in total. The Morgan fingerprint density at radius 3 is 2.83 bits per heavy atom. The summed E-state index contributed by atoms with van der Waals surface area (Å²) in [5.74, 6) is 1.42. The van der Waals surface area contributed by atoms with Crippen molar-refractivity contribution in [3.8, 4) is 5.75 Å². The molecule has 0 unspecified atom stereocenters. The minimum atomic E-state index is -0.188. The molecule has 3 aromatic rings. The van der Waals surface area contributed by atoms with Crippen LogP contribution in [0.15, 0.2) is 60.8 Å². The van der Waals surface area contributed by atoms with Crippen LogP contribution in [0.4, 0.5) is 11.5 Å². The number of hydrogen-bond donors (Lipinski definition) is 1. The predicted octanol–water partition coefficient (Wildman–Crippen LogP) is 3.58. The van der Waals surface area contributed by atoms with E-state index in [0.717, 1.165) is 35.6 Å². The number of hydrogen-bond acceptors (Lipinski definition) is 4.